The zero-order chi connectivity index (χ0) is 19.6. The molecule has 27 heavy (non-hydrogen) atoms. The number of anilines is 2. The first-order chi connectivity index (χ1) is 13.1. The molecule has 0 aromatic heterocycles. The van der Waals surface area contributed by atoms with Crippen LogP contribution >= 0.6 is 0 Å². The number of carbonyl (C=O) groups excluding carboxylic acids is 2. The van der Waals surface area contributed by atoms with Crippen molar-refractivity contribution >= 4 is 29.3 Å². The predicted octanol–water partition coefficient (Wildman–Crippen LogP) is 5.00. The smallest absolute Gasteiger partial charge is 0.411 e. The van der Waals surface area contributed by atoms with Crippen molar-refractivity contribution in [1.29, 1.82) is 0 Å². The first kappa shape index (κ1) is 20.2. The molecule has 0 aliphatic carbocycles. The van der Waals surface area contributed by atoms with E-state index in [0.717, 1.165) is 18.7 Å². The van der Waals surface area contributed by atoms with E-state index in [1.165, 1.54) is 5.69 Å². The second-order valence-corrected chi connectivity index (χ2v) is 5.88. The number of nitrogens with zero attached hydrogens (tertiary/aromatic N) is 1. The van der Waals surface area contributed by atoms with Crippen LogP contribution in [0.3, 0.4) is 0 Å². The molecule has 0 spiro atoms. The van der Waals surface area contributed by atoms with Gasteiger partial charge in [0.2, 0.25) is 0 Å². The van der Waals surface area contributed by atoms with Gasteiger partial charge in [-0.1, -0.05) is 18.2 Å². The summed E-state index contributed by atoms with van der Waals surface area (Å²) in [5.74, 6) is -0.0921. The number of hydrogen-bond donors (Lipinski definition) is 1. The molecule has 0 bridgehead atoms. The molecule has 0 heterocycles. The first-order valence-corrected chi connectivity index (χ1v) is 9.18. The van der Waals surface area contributed by atoms with Crippen molar-refractivity contribution in [1.82, 2.24) is 0 Å². The van der Waals surface area contributed by atoms with Crippen LogP contribution in [0.2, 0.25) is 0 Å². The second-order valence-electron chi connectivity index (χ2n) is 5.88. The van der Waals surface area contributed by atoms with Crippen LogP contribution in [-0.2, 0) is 4.74 Å². The normalized spacial score (nSPS) is 10.6. The fraction of sp³-hybridized carbons (Fsp3) is 0.273. The van der Waals surface area contributed by atoms with Crippen LogP contribution in [0.1, 0.15) is 36.7 Å². The van der Waals surface area contributed by atoms with E-state index in [4.69, 9.17) is 4.74 Å². The Kier molecular flexibility index (Phi) is 7.62. The summed E-state index contributed by atoms with van der Waals surface area (Å²) in [5.41, 5.74) is 3.29. The molecule has 142 valence electrons. The summed E-state index contributed by atoms with van der Waals surface area (Å²) in [7, 11) is 0. The lowest BCUT2D eigenvalue weighted by Gasteiger charge is -2.20. The topological polar surface area (TPSA) is 58.6 Å². The lowest BCUT2D eigenvalue weighted by molar-refractivity contribution is 0.104. The Morgan fingerprint density at radius 3 is 2.15 bits per heavy atom. The number of nitrogens with one attached hydrogen (secondary N) is 1. The largest absolute Gasteiger partial charge is 0.450 e. The maximum absolute atomic E-state index is 12.3. The van der Waals surface area contributed by atoms with Crippen LogP contribution < -0.4 is 10.2 Å². The van der Waals surface area contributed by atoms with Crippen molar-refractivity contribution in [3.8, 4) is 0 Å². The maximum atomic E-state index is 12.3. The van der Waals surface area contributed by atoms with Crippen molar-refractivity contribution < 1.29 is 14.3 Å². The Bertz CT molecular complexity index is 776. The molecule has 5 nitrogen and oxygen atoms in total. The lowest BCUT2D eigenvalue weighted by atomic mass is 10.1. The third-order valence-electron chi connectivity index (χ3n) is 4.14. The van der Waals surface area contributed by atoms with Gasteiger partial charge in [0.05, 0.1) is 6.61 Å². The molecule has 0 saturated heterocycles. The number of benzene rings is 2. The van der Waals surface area contributed by atoms with Crippen molar-refractivity contribution in [2.24, 2.45) is 0 Å². The van der Waals surface area contributed by atoms with E-state index in [2.05, 4.69) is 36.2 Å². The molecule has 0 fully saturated rings. The zero-order valence-corrected chi connectivity index (χ0v) is 16.1. The van der Waals surface area contributed by atoms with Crippen LogP contribution in [0.25, 0.3) is 6.08 Å². The second kappa shape index (κ2) is 10.2. The number of carbonyl (C=O) groups is 2. The number of amides is 1. The Balaban J connectivity index is 1.98. The van der Waals surface area contributed by atoms with Crippen LogP contribution in [0.4, 0.5) is 16.2 Å². The Morgan fingerprint density at radius 1 is 0.963 bits per heavy atom. The summed E-state index contributed by atoms with van der Waals surface area (Å²) in [4.78, 5) is 26.0. The summed E-state index contributed by atoms with van der Waals surface area (Å²) in [6.45, 7) is 8.23. The van der Waals surface area contributed by atoms with Gasteiger partial charge in [0.15, 0.2) is 5.78 Å². The van der Waals surface area contributed by atoms with Crippen LogP contribution in [0.5, 0.6) is 0 Å². The highest BCUT2D eigenvalue weighted by Gasteiger charge is 2.05. The average molecular weight is 366 g/mol. The van der Waals surface area contributed by atoms with Crippen LogP contribution in [0.15, 0.2) is 54.6 Å². The fourth-order valence-corrected chi connectivity index (χ4v) is 2.66. The molecule has 0 aliphatic heterocycles. The molecule has 0 aliphatic rings. The SMILES string of the molecule is CCOC(=O)Nc1ccc(C(=O)/C=C/c2ccc(N(CC)CC)cc2)cc1. The van der Waals surface area contributed by atoms with Gasteiger partial charge in [-0.3, -0.25) is 10.1 Å². The fourth-order valence-electron chi connectivity index (χ4n) is 2.66. The lowest BCUT2D eigenvalue weighted by Crippen LogP contribution is -2.21. The molecule has 5 heteroatoms. The van der Waals surface area contributed by atoms with Crippen molar-refractivity contribution in [2.45, 2.75) is 20.8 Å². The minimum atomic E-state index is -0.510. The van der Waals surface area contributed by atoms with Gasteiger partial charge in [-0.25, -0.2) is 4.79 Å². The number of allylic oxidation sites excluding steroid dienone is 1. The van der Waals surface area contributed by atoms with E-state index in [0.29, 0.717) is 17.9 Å². The number of ether oxygens (including phenoxy) is 1. The van der Waals surface area contributed by atoms with E-state index >= 15 is 0 Å². The molecule has 1 N–H and O–H groups in total. The monoisotopic (exact) mass is 366 g/mol. The quantitative estimate of drug-likeness (QED) is 0.528. The molecule has 2 rings (SSSR count). The molecule has 1 amide bonds. The average Bonchev–Trinajstić information content (AvgIpc) is 2.69. The molecule has 2 aromatic rings. The van der Waals surface area contributed by atoms with E-state index in [1.807, 2.05) is 12.1 Å². The van der Waals surface area contributed by atoms with Crippen molar-refractivity contribution in [2.75, 3.05) is 29.9 Å². The van der Waals surface area contributed by atoms with Crippen LogP contribution in [-0.4, -0.2) is 31.6 Å². The minimum absolute atomic E-state index is 0.0921. The van der Waals surface area contributed by atoms with Gasteiger partial charge in [0, 0.05) is 30.0 Å². The maximum Gasteiger partial charge on any atom is 0.411 e. The third kappa shape index (κ3) is 5.99. The Morgan fingerprint density at radius 2 is 1.59 bits per heavy atom. The van der Waals surface area contributed by atoms with Gasteiger partial charge in [0.1, 0.15) is 0 Å². The molecular weight excluding hydrogens is 340 g/mol. The van der Waals surface area contributed by atoms with Crippen molar-refractivity contribution in [3.05, 3.63) is 65.7 Å². The van der Waals surface area contributed by atoms with Gasteiger partial charge in [-0.2, -0.15) is 0 Å². The number of rotatable bonds is 8. The zero-order valence-electron chi connectivity index (χ0n) is 16.1. The molecule has 0 atom stereocenters. The summed E-state index contributed by atoms with van der Waals surface area (Å²) >= 11 is 0. The predicted molar refractivity (Wildman–Crippen MR) is 110 cm³/mol. The standard InChI is InChI=1S/C22H26N2O3/c1-4-24(5-2)20-14-7-17(8-15-20)9-16-21(25)18-10-12-19(13-11-18)23-22(26)27-6-3/h7-16H,4-6H2,1-3H3,(H,23,26)/b16-9+. The van der Waals surface area contributed by atoms with E-state index in [-0.39, 0.29) is 5.78 Å². The molecule has 0 radical (unpaired) electrons. The number of hydrogen-bond acceptors (Lipinski definition) is 4. The summed E-state index contributed by atoms with van der Waals surface area (Å²) in [5, 5.41) is 2.60. The van der Waals surface area contributed by atoms with E-state index in [1.54, 1.807) is 43.3 Å². The van der Waals surface area contributed by atoms with Gasteiger partial charge >= 0.3 is 6.09 Å². The molecule has 0 saturated carbocycles. The molecule has 0 unspecified atom stereocenters. The van der Waals surface area contributed by atoms with Gasteiger partial charge in [-0.15, -0.1) is 0 Å². The van der Waals surface area contributed by atoms with Crippen LogP contribution in [0, 0.1) is 0 Å². The minimum Gasteiger partial charge on any atom is -0.450 e. The summed E-state index contributed by atoms with van der Waals surface area (Å²) in [6.07, 6.45) is 2.85. The van der Waals surface area contributed by atoms with Crippen molar-refractivity contribution in [3.63, 3.8) is 0 Å². The Hall–Kier alpha value is -3.08. The summed E-state index contributed by atoms with van der Waals surface area (Å²) in [6, 6.07) is 14.8. The highest BCUT2D eigenvalue weighted by molar-refractivity contribution is 6.07. The highest BCUT2D eigenvalue weighted by atomic mass is 16.5. The highest BCUT2D eigenvalue weighted by Crippen LogP contribution is 2.16. The molecule has 2 aromatic carbocycles. The van der Waals surface area contributed by atoms with E-state index in [9.17, 15) is 9.59 Å². The van der Waals surface area contributed by atoms with Gasteiger partial charge in [0.25, 0.3) is 0 Å². The summed E-state index contributed by atoms with van der Waals surface area (Å²) < 4.78 is 4.82. The third-order valence-corrected chi connectivity index (χ3v) is 4.14. The first-order valence-electron chi connectivity index (χ1n) is 9.18. The number of ketones is 1. The van der Waals surface area contributed by atoms with Gasteiger partial charge in [-0.05, 0) is 68.8 Å². The van der Waals surface area contributed by atoms with E-state index < -0.39 is 6.09 Å². The Labute approximate surface area is 160 Å². The molecular formula is C22H26N2O3. The van der Waals surface area contributed by atoms with Gasteiger partial charge < -0.3 is 9.64 Å².